The van der Waals surface area contributed by atoms with Crippen molar-refractivity contribution in [3.05, 3.63) is 12.2 Å². The highest BCUT2D eigenvalue weighted by Gasteiger charge is 2.27. The van der Waals surface area contributed by atoms with Crippen LogP contribution in [-0.2, 0) is 4.79 Å². The first-order valence-corrected chi connectivity index (χ1v) is 8.13. The highest BCUT2D eigenvalue weighted by molar-refractivity contribution is 5.79. The average molecular weight is 293 g/mol. The van der Waals surface area contributed by atoms with Gasteiger partial charge in [-0.25, -0.2) is 4.79 Å². The summed E-state index contributed by atoms with van der Waals surface area (Å²) in [5.41, 5.74) is 0. The van der Waals surface area contributed by atoms with Gasteiger partial charge in [0.1, 0.15) is 0 Å². The maximum atomic E-state index is 11.9. The normalized spacial score (nSPS) is 21.5. The minimum absolute atomic E-state index is 0.112. The zero-order valence-corrected chi connectivity index (χ0v) is 12.9. The third-order valence-electron chi connectivity index (χ3n) is 4.36. The number of carbonyl (C=O) groups is 2. The number of amides is 3. The molecule has 3 amide bonds. The van der Waals surface area contributed by atoms with Crippen molar-refractivity contribution in [2.24, 2.45) is 5.92 Å². The topological polar surface area (TPSA) is 61.4 Å². The van der Waals surface area contributed by atoms with Crippen LogP contribution >= 0.6 is 0 Å². The van der Waals surface area contributed by atoms with E-state index in [0.29, 0.717) is 13.1 Å². The van der Waals surface area contributed by atoms with Crippen molar-refractivity contribution in [2.75, 3.05) is 20.1 Å². The second kappa shape index (κ2) is 8.05. The molecule has 0 aromatic heterocycles. The number of nitrogens with one attached hydrogen (secondary N) is 2. The number of hydrogen-bond donors (Lipinski definition) is 2. The molecule has 118 valence electrons. The third kappa shape index (κ3) is 5.06. The van der Waals surface area contributed by atoms with Crippen LogP contribution in [0.5, 0.6) is 0 Å². The number of carbonyl (C=O) groups excluding carboxylic acids is 2. The van der Waals surface area contributed by atoms with Crippen molar-refractivity contribution in [3.63, 3.8) is 0 Å². The monoisotopic (exact) mass is 293 g/mol. The average Bonchev–Trinajstić information content (AvgIpc) is 2.42. The lowest BCUT2D eigenvalue weighted by molar-refractivity contribution is -0.136. The summed E-state index contributed by atoms with van der Waals surface area (Å²) in [4.78, 5) is 25.5. The van der Waals surface area contributed by atoms with E-state index in [1.165, 1.54) is 6.42 Å². The fourth-order valence-corrected chi connectivity index (χ4v) is 2.75. The number of hydrogen-bond acceptors (Lipinski definition) is 2. The first-order chi connectivity index (χ1) is 10.2. The number of nitrogens with zero attached hydrogens (tertiary/aromatic N) is 1. The summed E-state index contributed by atoms with van der Waals surface area (Å²) < 4.78 is 0. The van der Waals surface area contributed by atoms with Gasteiger partial charge in [0.25, 0.3) is 0 Å². The second-order valence-electron chi connectivity index (χ2n) is 6.11. The lowest BCUT2D eigenvalue weighted by Gasteiger charge is -2.29. The van der Waals surface area contributed by atoms with E-state index in [1.54, 1.807) is 4.90 Å². The Kier molecular flexibility index (Phi) is 6.08. The van der Waals surface area contributed by atoms with Gasteiger partial charge in [0.05, 0.1) is 0 Å². The summed E-state index contributed by atoms with van der Waals surface area (Å²) in [7, 11) is 1.85. The van der Waals surface area contributed by atoms with Gasteiger partial charge in [0.2, 0.25) is 5.91 Å². The van der Waals surface area contributed by atoms with Gasteiger partial charge in [-0.05, 0) is 38.5 Å². The maximum Gasteiger partial charge on any atom is 0.315 e. The molecule has 5 nitrogen and oxygen atoms in total. The van der Waals surface area contributed by atoms with Crippen LogP contribution in [0.15, 0.2) is 12.2 Å². The Balaban J connectivity index is 1.54. The Morgan fingerprint density at radius 3 is 2.67 bits per heavy atom. The van der Waals surface area contributed by atoms with Gasteiger partial charge in [-0.15, -0.1) is 0 Å². The van der Waals surface area contributed by atoms with E-state index in [1.807, 2.05) is 7.05 Å². The Labute approximate surface area is 127 Å². The molecule has 5 heteroatoms. The fourth-order valence-electron chi connectivity index (χ4n) is 2.75. The smallest absolute Gasteiger partial charge is 0.315 e. The van der Waals surface area contributed by atoms with Gasteiger partial charge >= 0.3 is 6.03 Å². The van der Waals surface area contributed by atoms with Crippen LogP contribution in [0.3, 0.4) is 0 Å². The number of urea groups is 1. The minimum Gasteiger partial charge on any atom is -0.345 e. The summed E-state index contributed by atoms with van der Waals surface area (Å²) in [6.07, 6.45) is 11.5. The number of allylic oxidation sites excluding steroid dienone is 1. The van der Waals surface area contributed by atoms with E-state index in [2.05, 4.69) is 22.8 Å². The van der Waals surface area contributed by atoms with Gasteiger partial charge in [-0.2, -0.15) is 0 Å². The van der Waals surface area contributed by atoms with Gasteiger partial charge in [0.15, 0.2) is 0 Å². The quantitative estimate of drug-likeness (QED) is 0.581. The molecule has 0 aromatic rings. The van der Waals surface area contributed by atoms with E-state index < -0.39 is 0 Å². The third-order valence-corrected chi connectivity index (χ3v) is 4.36. The molecule has 0 heterocycles. The van der Waals surface area contributed by atoms with E-state index in [-0.39, 0.29) is 23.9 Å². The van der Waals surface area contributed by atoms with Crippen LogP contribution in [0.2, 0.25) is 0 Å². The molecule has 0 aromatic carbocycles. The van der Waals surface area contributed by atoms with Crippen LogP contribution in [0, 0.1) is 5.92 Å². The first-order valence-electron chi connectivity index (χ1n) is 8.13. The summed E-state index contributed by atoms with van der Waals surface area (Å²) in [6.45, 7) is 1.31. The van der Waals surface area contributed by atoms with Crippen LogP contribution in [-0.4, -0.2) is 43.0 Å². The Morgan fingerprint density at radius 1 is 1.24 bits per heavy atom. The SMILES string of the molecule is CN(CCCNC(=O)NC1C=CCCC1)C(=O)C1CCC1. The largest absolute Gasteiger partial charge is 0.345 e. The van der Waals surface area contributed by atoms with Gasteiger partial charge in [0, 0.05) is 32.1 Å². The van der Waals surface area contributed by atoms with Gasteiger partial charge in [-0.3, -0.25) is 4.79 Å². The summed E-state index contributed by atoms with van der Waals surface area (Å²) in [5.74, 6) is 0.516. The summed E-state index contributed by atoms with van der Waals surface area (Å²) >= 11 is 0. The van der Waals surface area contributed by atoms with Gasteiger partial charge < -0.3 is 15.5 Å². The van der Waals surface area contributed by atoms with Gasteiger partial charge in [-0.1, -0.05) is 18.6 Å². The first kappa shape index (κ1) is 15.9. The lowest BCUT2D eigenvalue weighted by atomic mass is 9.84. The predicted octanol–water partition coefficient (Wildman–Crippen LogP) is 2.04. The molecule has 0 radical (unpaired) electrons. The minimum atomic E-state index is -0.112. The Bertz CT molecular complexity index is 391. The molecule has 0 saturated heterocycles. The maximum absolute atomic E-state index is 11.9. The Hall–Kier alpha value is -1.52. The molecular weight excluding hydrogens is 266 g/mol. The molecule has 2 N–H and O–H groups in total. The molecule has 2 aliphatic rings. The lowest BCUT2D eigenvalue weighted by Crippen LogP contribution is -2.43. The van der Waals surface area contributed by atoms with Crippen molar-refractivity contribution in [1.82, 2.24) is 15.5 Å². The number of rotatable bonds is 6. The van der Waals surface area contributed by atoms with Crippen LogP contribution in [0.25, 0.3) is 0 Å². The fraction of sp³-hybridized carbons (Fsp3) is 0.750. The van der Waals surface area contributed by atoms with E-state index in [4.69, 9.17) is 0 Å². The van der Waals surface area contributed by atoms with Crippen LogP contribution < -0.4 is 10.6 Å². The molecule has 1 saturated carbocycles. The predicted molar refractivity (Wildman–Crippen MR) is 82.9 cm³/mol. The molecule has 21 heavy (non-hydrogen) atoms. The molecule has 0 bridgehead atoms. The molecule has 1 fully saturated rings. The van der Waals surface area contributed by atoms with E-state index >= 15 is 0 Å². The molecule has 2 aliphatic carbocycles. The van der Waals surface area contributed by atoms with Crippen molar-refractivity contribution >= 4 is 11.9 Å². The molecule has 0 aliphatic heterocycles. The highest BCUT2D eigenvalue weighted by Crippen LogP contribution is 2.27. The Morgan fingerprint density at radius 2 is 2.05 bits per heavy atom. The molecular formula is C16H27N3O2. The van der Waals surface area contributed by atoms with Crippen molar-refractivity contribution in [2.45, 2.75) is 51.0 Å². The van der Waals surface area contributed by atoms with E-state index in [0.717, 1.165) is 38.5 Å². The van der Waals surface area contributed by atoms with E-state index in [9.17, 15) is 9.59 Å². The standard InChI is InChI=1S/C16H27N3O2/c1-19(15(20)13-7-5-8-13)12-6-11-17-16(21)18-14-9-3-2-4-10-14/h3,9,13-14H,2,4-8,10-12H2,1H3,(H2,17,18,21). The van der Waals surface area contributed by atoms with Crippen molar-refractivity contribution in [3.8, 4) is 0 Å². The van der Waals surface area contributed by atoms with Crippen molar-refractivity contribution in [1.29, 1.82) is 0 Å². The summed E-state index contributed by atoms with van der Waals surface area (Å²) in [5, 5.41) is 5.81. The second-order valence-corrected chi connectivity index (χ2v) is 6.11. The molecule has 1 atom stereocenters. The molecule has 1 unspecified atom stereocenters. The molecule has 0 spiro atoms. The van der Waals surface area contributed by atoms with Crippen molar-refractivity contribution < 1.29 is 9.59 Å². The zero-order chi connectivity index (χ0) is 15.1. The summed E-state index contributed by atoms with van der Waals surface area (Å²) in [6, 6.07) is 0.0566. The zero-order valence-electron chi connectivity index (χ0n) is 12.9. The van der Waals surface area contributed by atoms with Crippen LogP contribution in [0.1, 0.15) is 44.9 Å². The molecule has 2 rings (SSSR count). The van der Waals surface area contributed by atoms with Crippen LogP contribution in [0.4, 0.5) is 4.79 Å². The highest BCUT2D eigenvalue weighted by atomic mass is 16.2.